The van der Waals surface area contributed by atoms with Crippen LogP contribution in [0.5, 0.6) is 5.75 Å². The number of benzene rings is 2. The molecule has 0 saturated carbocycles. The number of anilines is 1. The minimum Gasteiger partial charge on any atom is -0.494 e. The molecule has 0 aliphatic heterocycles. The average Bonchev–Trinajstić information content (AvgIpc) is 2.64. The van der Waals surface area contributed by atoms with Crippen LogP contribution in [0, 0.1) is 0 Å². The Kier molecular flexibility index (Phi) is 8.38. The lowest BCUT2D eigenvalue weighted by atomic mass is 10.2. The lowest BCUT2D eigenvalue weighted by Crippen LogP contribution is -2.34. The molecule has 2 N–H and O–H groups in total. The van der Waals surface area contributed by atoms with Crippen molar-refractivity contribution in [3.05, 3.63) is 59.1 Å². The largest absolute Gasteiger partial charge is 0.494 e. The van der Waals surface area contributed by atoms with E-state index in [0.717, 1.165) is 17.9 Å². The van der Waals surface area contributed by atoms with Crippen molar-refractivity contribution in [2.24, 2.45) is 0 Å². The van der Waals surface area contributed by atoms with E-state index < -0.39 is 0 Å². The summed E-state index contributed by atoms with van der Waals surface area (Å²) < 4.78 is 5.68. The van der Waals surface area contributed by atoms with Crippen molar-refractivity contribution in [2.45, 2.75) is 32.6 Å². The minimum atomic E-state index is -0.272. The van der Waals surface area contributed by atoms with E-state index >= 15 is 0 Å². The number of halogens is 1. The molecule has 0 aromatic heterocycles. The van der Waals surface area contributed by atoms with Gasteiger partial charge in [0.15, 0.2) is 5.11 Å². The number of ether oxygens (including phenoxy) is 1. The summed E-state index contributed by atoms with van der Waals surface area (Å²) >= 11 is 11.0. The van der Waals surface area contributed by atoms with Crippen LogP contribution in [0.2, 0.25) is 5.02 Å². The first-order chi connectivity index (χ1) is 12.6. The third-order valence-electron chi connectivity index (χ3n) is 3.71. The van der Waals surface area contributed by atoms with E-state index in [1.807, 2.05) is 0 Å². The number of hydrogen-bond donors (Lipinski definition) is 2. The number of nitrogens with one attached hydrogen (secondary N) is 2. The maximum absolute atomic E-state index is 12.2. The molecule has 0 unspecified atom stereocenters. The van der Waals surface area contributed by atoms with E-state index in [0.29, 0.717) is 17.2 Å². The maximum Gasteiger partial charge on any atom is 0.257 e. The first-order valence-electron chi connectivity index (χ1n) is 8.69. The van der Waals surface area contributed by atoms with Crippen LogP contribution in [0.25, 0.3) is 0 Å². The molecule has 0 atom stereocenters. The molecule has 2 aromatic rings. The van der Waals surface area contributed by atoms with Gasteiger partial charge < -0.3 is 10.1 Å². The predicted molar refractivity (Wildman–Crippen MR) is 111 cm³/mol. The Bertz CT molecular complexity index is 718. The second kappa shape index (κ2) is 10.8. The van der Waals surface area contributed by atoms with Crippen molar-refractivity contribution < 1.29 is 9.53 Å². The Hall–Kier alpha value is -2.11. The van der Waals surface area contributed by atoms with Crippen molar-refractivity contribution in [1.82, 2.24) is 5.32 Å². The highest BCUT2D eigenvalue weighted by Crippen LogP contribution is 2.14. The van der Waals surface area contributed by atoms with Crippen LogP contribution in [0.4, 0.5) is 5.69 Å². The van der Waals surface area contributed by atoms with Crippen LogP contribution >= 0.6 is 23.8 Å². The molecule has 26 heavy (non-hydrogen) atoms. The number of thiocarbonyl (C=S) groups is 1. The zero-order valence-corrected chi connectivity index (χ0v) is 16.3. The lowest BCUT2D eigenvalue weighted by molar-refractivity contribution is 0.0977. The summed E-state index contributed by atoms with van der Waals surface area (Å²) in [5.74, 6) is 0.492. The Morgan fingerprint density at radius 2 is 1.73 bits per heavy atom. The van der Waals surface area contributed by atoms with E-state index in [2.05, 4.69) is 17.6 Å². The summed E-state index contributed by atoms with van der Waals surface area (Å²) in [4.78, 5) is 12.2. The molecule has 2 rings (SSSR count). The van der Waals surface area contributed by atoms with Crippen molar-refractivity contribution in [1.29, 1.82) is 0 Å². The summed E-state index contributed by atoms with van der Waals surface area (Å²) in [5.41, 5.74) is 1.27. The fourth-order valence-corrected chi connectivity index (χ4v) is 2.63. The second-order valence-electron chi connectivity index (χ2n) is 5.85. The molecule has 0 aliphatic carbocycles. The molecule has 0 aliphatic rings. The molecule has 4 nitrogen and oxygen atoms in total. The third-order valence-corrected chi connectivity index (χ3v) is 4.17. The SMILES string of the molecule is CCCCCCOc1ccc(C(=O)NC(=S)Nc2ccc(Cl)cc2)cc1. The van der Waals surface area contributed by atoms with E-state index in [1.54, 1.807) is 48.5 Å². The standard InChI is InChI=1S/C20H23ClN2O2S/c1-2-3-4-5-14-25-18-12-6-15(7-13-18)19(24)23-20(26)22-17-10-8-16(21)9-11-17/h6-13H,2-5,14H2,1H3,(H2,22,23,24,26). The number of carbonyl (C=O) groups excluding carboxylic acids is 1. The quantitative estimate of drug-likeness (QED) is 0.466. The Morgan fingerprint density at radius 3 is 2.38 bits per heavy atom. The predicted octanol–water partition coefficient (Wildman–Crippen LogP) is 5.43. The number of unbranched alkanes of at least 4 members (excludes halogenated alkanes) is 3. The zero-order valence-electron chi connectivity index (χ0n) is 14.8. The summed E-state index contributed by atoms with van der Waals surface area (Å²) in [6, 6.07) is 14.1. The highest BCUT2D eigenvalue weighted by atomic mass is 35.5. The van der Waals surface area contributed by atoms with Crippen LogP contribution in [-0.2, 0) is 0 Å². The summed E-state index contributed by atoms with van der Waals surface area (Å²) in [5, 5.41) is 6.46. The normalized spacial score (nSPS) is 10.2. The molecule has 6 heteroatoms. The monoisotopic (exact) mass is 390 g/mol. The van der Waals surface area contributed by atoms with Crippen molar-refractivity contribution in [3.8, 4) is 5.75 Å². The minimum absolute atomic E-state index is 0.230. The van der Waals surface area contributed by atoms with Gasteiger partial charge in [-0.3, -0.25) is 10.1 Å². The Balaban J connectivity index is 1.79. The van der Waals surface area contributed by atoms with Gasteiger partial charge in [-0.05, 0) is 67.2 Å². The van der Waals surface area contributed by atoms with Crippen LogP contribution in [0.1, 0.15) is 43.0 Å². The van der Waals surface area contributed by atoms with Crippen molar-refractivity contribution >= 4 is 40.5 Å². The van der Waals surface area contributed by atoms with Gasteiger partial charge in [0.05, 0.1) is 6.61 Å². The Morgan fingerprint density at radius 1 is 1.04 bits per heavy atom. The number of rotatable bonds is 8. The molecule has 1 amide bonds. The van der Waals surface area contributed by atoms with E-state index in [-0.39, 0.29) is 11.0 Å². The van der Waals surface area contributed by atoms with Crippen LogP contribution in [-0.4, -0.2) is 17.6 Å². The first-order valence-corrected chi connectivity index (χ1v) is 9.48. The molecule has 0 bridgehead atoms. The summed E-state index contributed by atoms with van der Waals surface area (Å²) in [6.07, 6.45) is 4.65. The average molecular weight is 391 g/mol. The van der Waals surface area contributed by atoms with Gasteiger partial charge >= 0.3 is 0 Å². The molecule has 0 saturated heterocycles. The maximum atomic E-state index is 12.2. The fourth-order valence-electron chi connectivity index (χ4n) is 2.29. The molecule has 2 aromatic carbocycles. The molecular weight excluding hydrogens is 368 g/mol. The van der Waals surface area contributed by atoms with Crippen molar-refractivity contribution in [3.63, 3.8) is 0 Å². The van der Waals surface area contributed by atoms with Gasteiger partial charge in [0.25, 0.3) is 5.91 Å². The fraction of sp³-hybridized carbons (Fsp3) is 0.300. The smallest absolute Gasteiger partial charge is 0.257 e. The van der Waals surface area contributed by atoms with Gasteiger partial charge in [0, 0.05) is 16.3 Å². The van der Waals surface area contributed by atoms with Crippen molar-refractivity contribution in [2.75, 3.05) is 11.9 Å². The summed E-state index contributed by atoms with van der Waals surface area (Å²) in [6.45, 7) is 2.88. The first kappa shape index (κ1) is 20.2. The molecule has 0 fully saturated rings. The number of hydrogen-bond acceptors (Lipinski definition) is 3. The molecule has 0 spiro atoms. The molecule has 0 heterocycles. The van der Waals surface area contributed by atoms with E-state index in [4.69, 9.17) is 28.6 Å². The van der Waals surface area contributed by atoms with E-state index in [9.17, 15) is 4.79 Å². The number of carbonyl (C=O) groups is 1. The highest BCUT2D eigenvalue weighted by molar-refractivity contribution is 7.80. The van der Waals surface area contributed by atoms with Gasteiger partial charge in [-0.15, -0.1) is 0 Å². The Labute approximate surface area is 164 Å². The lowest BCUT2D eigenvalue weighted by Gasteiger charge is -2.10. The third kappa shape index (κ3) is 7.02. The van der Waals surface area contributed by atoms with Gasteiger partial charge in [0.1, 0.15) is 5.75 Å². The van der Waals surface area contributed by atoms with Crippen LogP contribution in [0.3, 0.4) is 0 Å². The zero-order chi connectivity index (χ0) is 18.8. The second-order valence-corrected chi connectivity index (χ2v) is 6.69. The van der Waals surface area contributed by atoms with E-state index in [1.165, 1.54) is 19.3 Å². The van der Waals surface area contributed by atoms with Crippen LogP contribution in [0.15, 0.2) is 48.5 Å². The number of amides is 1. The molecule has 0 radical (unpaired) electrons. The van der Waals surface area contributed by atoms with Crippen LogP contribution < -0.4 is 15.4 Å². The van der Waals surface area contributed by atoms with Gasteiger partial charge in [-0.2, -0.15) is 0 Å². The van der Waals surface area contributed by atoms with Gasteiger partial charge in [0.2, 0.25) is 0 Å². The molecular formula is C20H23ClN2O2S. The van der Waals surface area contributed by atoms with Gasteiger partial charge in [-0.25, -0.2) is 0 Å². The van der Waals surface area contributed by atoms with Gasteiger partial charge in [-0.1, -0.05) is 37.8 Å². The molecule has 138 valence electrons. The topological polar surface area (TPSA) is 50.4 Å². The summed E-state index contributed by atoms with van der Waals surface area (Å²) in [7, 11) is 0. The highest BCUT2D eigenvalue weighted by Gasteiger charge is 2.08.